The quantitative estimate of drug-likeness (QED) is 0.695. The maximum absolute atomic E-state index is 13.0. The Balaban J connectivity index is 2.20. The van der Waals surface area contributed by atoms with Gasteiger partial charge in [0.05, 0.1) is 17.4 Å². The van der Waals surface area contributed by atoms with Gasteiger partial charge < -0.3 is 4.90 Å². The van der Waals surface area contributed by atoms with Gasteiger partial charge in [-0.3, -0.25) is 9.52 Å². The van der Waals surface area contributed by atoms with Gasteiger partial charge in [0.1, 0.15) is 0 Å². The molecule has 2 aromatic carbocycles. The molecule has 0 atom stereocenters. The Morgan fingerprint density at radius 2 is 1.82 bits per heavy atom. The minimum atomic E-state index is -3.41. The van der Waals surface area contributed by atoms with Crippen molar-refractivity contribution in [3.63, 3.8) is 0 Å². The molecule has 0 heterocycles. The first kappa shape index (κ1) is 21.5. The fourth-order valence-corrected chi connectivity index (χ4v) is 3.95. The lowest BCUT2D eigenvalue weighted by atomic mass is 10.1. The van der Waals surface area contributed by atoms with Gasteiger partial charge in [0.15, 0.2) is 0 Å². The van der Waals surface area contributed by atoms with Gasteiger partial charge in [0.25, 0.3) is 5.91 Å². The molecule has 6 nitrogen and oxygen atoms in total. The zero-order valence-corrected chi connectivity index (χ0v) is 17.0. The normalized spacial score (nSPS) is 10.9. The predicted molar refractivity (Wildman–Crippen MR) is 110 cm³/mol. The Morgan fingerprint density at radius 1 is 1.11 bits per heavy atom. The van der Waals surface area contributed by atoms with Crippen LogP contribution in [0.5, 0.6) is 0 Å². The molecule has 28 heavy (non-hydrogen) atoms. The lowest BCUT2D eigenvalue weighted by molar-refractivity contribution is 0.0743. The van der Waals surface area contributed by atoms with Crippen molar-refractivity contribution in [3.05, 3.63) is 65.2 Å². The summed E-state index contributed by atoms with van der Waals surface area (Å²) in [5, 5.41) is 8.91. The second-order valence-corrected chi connectivity index (χ2v) is 8.38. The van der Waals surface area contributed by atoms with Crippen LogP contribution in [0.15, 0.2) is 48.5 Å². The maximum Gasteiger partial charge on any atom is 0.254 e. The minimum absolute atomic E-state index is 0.0336. The Morgan fingerprint density at radius 3 is 2.43 bits per heavy atom. The molecular weight excluding hydrogens is 374 g/mol. The van der Waals surface area contributed by atoms with E-state index < -0.39 is 10.0 Å². The number of carbonyl (C=O) groups excluding carboxylic acids is 1. The third-order valence-corrected chi connectivity index (χ3v) is 5.59. The van der Waals surface area contributed by atoms with E-state index in [4.69, 9.17) is 5.26 Å². The van der Waals surface area contributed by atoms with E-state index in [2.05, 4.69) is 10.8 Å². The molecule has 0 spiro atoms. The highest BCUT2D eigenvalue weighted by atomic mass is 32.2. The first-order valence-electron chi connectivity index (χ1n) is 9.27. The average molecular weight is 400 g/mol. The summed E-state index contributed by atoms with van der Waals surface area (Å²) in [7, 11) is -3.41. The van der Waals surface area contributed by atoms with E-state index in [0.29, 0.717) is 36.3 Å². The van der Waals surface area contributed by atoms with Gasteiger partial charge in [-0.2, -0.15) is 5.26 Å². The number of anilines is 1. The molecule has 2 aromatic rings. The average Bonchev–Trinajstić information content (AvgIpc) is 2.67. The van der Waals surface area contributed by atoms with E-state index in [1.165, 1.54) is 0 Å². The maximum atomic E-state index is 13.0. The van der Waals surface area contributed by atoms with Gasteiger partial charge in [0, 0.05) is 24.3 Å². The molecule has 0 aliphatic carbocycles. The number of nitrogens with one attached hydrogen (secondary N) is 1. The number of nitrogens with zero attached hydrogens (tertiary/aromatic N) is 2. The van der Waals surface area contributed by atoms with Gasteiger partial charge in [-0.05, 0) is 48.7 Å². The number of rotatable bonds is 9. The van der Waals surface area contributed by atoms with Gasteiger partial charge in [0.2, 0.25) is 10.0 Å². The standard InChI is InChI=1S/C21H25N3O3S/c1-3-12-24(16-18-10-8-17(15-22)9-11-18)21(25)19-6-5-7-20(14-19)23-28(26,27)13-4-2/h5-11,14,23H,3-4,12-13,16H2,1-2H3. The fraction of sp³-hybridized carbons (Fsp3) is 0.333. The van der Waals surface area contributed by atoms with Gasteiger partial charge in [-0.25, -0.2) is 8.42 Å². The fourth-order valence-electron chi connectivity index (χ4n) is 2.83. The van der Waals surface area contributed by atoms with Gasteiger partial charge in [-0.1, -0.05) is 32.0 Å². The van der Waals surface area contributed by atoms with Crippen molar-refractivity contribution in [2.24, 2.45) is 0 Å². The molecule has 0 bridgehead atoms. The monoisotopic (exact) mass is 399 g/mol. The van der Waals surface area contributed by atoms with Crippen LogP contribution in [0.25, 0.3) is 0 Å². The highest BCUT2D eigenvalue weighted by molar-refractivity contribution is 7.92. The van der Waals surface area contributed by atoms with E-state index in [1.54, 1.807) is 48.2 Å². The minimum Gasteiger partial charge on any atom is -0.334 e. The predicted octanol–water partition coefficient (Wildman–Crippen LogP) is 3.76. The molecule has 0 aliphatic rings. The van der Waals surface area contributed by atoms with Crippen molar-refractivity contribution in [1.82, 2.24) is 4.90 Å². The van der Waals surface area contributed by atoms with Crippen LogP contribution in [-0.4, -0.2) is 31.5 Å². The number of hydrogen-bond donors (Lipinski definition) is 1. The highest BCUT2D eigenvalue weighted by Crippen LogP contribution is 2.17. The van der Waals surface area contributed by atoms with Crippen LogP contribution in [0.1, 0.15) is 48.2 Å². The number of nitriles is 1. The summed E-state index contributed by atoms with van der Waals surface area (Å²) < 4.78 is 26.5. The molecule has 0 aliphatic heterocycles. The van der Waals surface area contributed by atoms with Crippen molar-refractivity contribution in [3.8, 4) is 6.07 Å². The molecule has 0 fully saturated rings. The van der Waals surface area contributed by atoms with E-state index in [0.717, 1.165) is 12.0 Å². The zero-order chi connectivity index (χ0) is 20.6. The Hall–Kier alpha value is -2.85. The third kappa shape index (κ3) is 6.10. The molecule has 0 saturated heterocycles. The molecular formula is C21H25N3O3S. The molecule has 0 radical (unpaired) electrons. The van der Waals surface area contributed by atoms with Crippen molar-refractivity contribution in [2.45, 2.75) is 33.2 Å². The Bertz CT molecular complexity index is 948. The number of carbonyl (C=O) groups is 1. The molecule has 148 valence electrons. The van der Waals surface area contributed by atoms with Crippen LogP contribution in [0, 0.1) is 11.3 Å². The van der Waals surface area contributed by atoms with Crippen molar-refractivity contribution in [1.29, 1.82) is 5.26 Å². The van der Waals surface area contributed by atoms with Crippen LogP contribution >= 0.6 is 0 Å². The molecule has 1 amide bonds. The summed E-state index contributed by atoms with van der Waals surface area (Å²) in [6, 6.07) is 15.8. The summed E-state index contributed by atoms with van der Waals surface area (Å²) in [5.74, 6) is -0.131. The van der Waals surface area contributed by atoms with Crippen molar-refractivity contribution < 1.29 is 13.2 Å². The summed E-state index contributed by atoms with van der Waals surface area (Å²) in [6.45, 7) is 4.79. The topological polar surface area (TPSA) is 90.3 Å². The lowest BCUT2D eigenvalue weighted by Crippen LogP contribution is -2.31. The number of amides is 1. The summed E-state index contributed by atoms with van der Waals surface area (Å²) >= 11 is 0. The summed E-state index contributed by atoms with van der Waals surface area (Å²) in [4.78, 5) is 14.7. The van der Waals surface area contributed by atoms with Crippen LogP contribution in [-0.2, 0) is 16.6 Å². The van der Waals surface area contributed by atoms with E-state index in [-0.39, 0.29) is 11.7 Å². The Labute approximate surface area is 166 Å². The highest BCUT2D eigenvalue weighted by Gasteiger charge is 2.17. The van der Waals surface area contributed by atoms with E-state index >= 15 is 0 Å². The van der Waals surface area contributed by atoms with Crippen LogP contribution in [0.3, 0.4) is 0 Å². The second-order valence-electron chi connectivity index (χ2n) is 6.54. The first-order valence-corrected chi connectivity index (χ1v) is 10.9. The summed E-state index contributed by atoms with van der Waals surface area (Å²) in [6.07, 6.45) is 1.31. The summed E-state index contributed by atoms with van der Waals surface area (Å²) in [5.41, 5.74) is 2.32. The lowest BCUT2D eigenvalue weighted by Gasteiger charge is -2.23. The Kier molecular flexibility index (Phi) is 7.59. The van der Waals surface area contributed by atoms with Gasteiger partial charge in [-0.15, -0.1) is 0 Å². The second kappa shape index (κ2) is 9.90. The first-order chi connectivity index (χ1) is 13.4. The van der Waals surface area contributed by atoms with Crippen molar-refractivity contribution >= 4 is 21.6 Å². The zero-order valence-electron chi connectivity index (χ0n) is 16.2. The van der Waals surface area contributed by atoms with E-state index in [1.807, 2.05) is 19.1 Å². The van der Waals surface area contributed by atoms with E-state index in [9.17, 15) is 13.2 Å². The van der Waals surface area contributed by atoms with Crippen LogP contribution in [0.4, 0.5) is 5.69 Å². The number of benzene rings is 2. The molecule has 1 N–H and O–H groups in total. The van der Waals surface area contributed by atoms with Crippen LogP contribution < -0.4 is 4.72 Å². The molecule has 2 rings (SSSR count). The van der Waals surface area contributed by atoms with Crippen molar-refractivity contribution in [2.75, 3.05) is 17.0 Å². The third-order valence-electron chi connectivity index (χ3n) is 4.09. The smallest absolute Gasteiger partial charge is 0.254 e. The number of hydrogen-bond acceptors (Lipinski definition) is 4. The molecule has 0 saturated carbocycles. The molecule has 0 aromatic heterocycles. The SMILES string of the molecule is CCCN(Cc1ccc(C#N)cc1)C(=O)c1cccc(NS(=O)(=O)CCC)c1. The van der Waals surface area contributed by atoms with Crippen LogP contribution in [0.2, 0.25) is 0 Å². The number of sulfonamides is 1. The molecule has 0 unspecified atom stereocenters. The molecule has 7 heteroatoms. The largest absolute Gasteiger partial charge is 0.334 e. The van der Waals surface area contributed by atoms with Gasteiger partial charge >= 0.3 is 0 Å².